The highest BCUT2D eigenvalue weighted by Crippen LogP contribution is 2.27. The fourth-order valence-corrected chi connectivity index (χ4v) is 2.03. The Morgan fingerprint density at radius 2 is 2.00 bits per heavy atom. The standard InChI is InChI=1S/C17H15ClFNO2/c1-22-16-10-7-13(18)11-15(16)20-17(21)4-2-3-12-5-8-14(19)9-6-12/h2-3,5-11H,4H2,1H3,(H,20,21)/b3-2+. The molecule has 0 aliphatic rings. The minimum Gasteiger partial charge on any atom is -0.495 e. The molecule has 0 aliphatic carbocycles. The third kappa shape index (κ3) is 4.60. The Hall–Kier alpha value is -2.33. The number of ether oxygens (including phenoxy) is 1. The average Bonchev–Trinajstić information content (AvgIpc) is 2.49. The van der Waals surface area contributed by atoms with Gasteiger partial charge in [-0.2, -0.15) is 0 Å². The number of methoxy groups -OCH3 is 1. The Bertz CT molecular complexity index is 684. The maximum absolute atomic E-state index is 12.8. The first-order chi connectivity index (χ1) is 10.6. The van der Waals surface area contributed by atoms with Gasteiger partial charge in [-0.05, 0) is 35.9 Å². The van der Waals surface area contributed by atoms with Gasteiger partial charge in [0.2, 0.25) is 5.91 Å². The monoisotopic (exact) mass is 319 g/mol. The molecule has 2 aromatic rings. The van der Waals surface area contributed by atoms with Gasteiger partial charge >= 0.3 is 0 Å². The number of anilines is 1. The summed E-state index contributed by atoms with van der Waals surface area (Å²) in [6.07, 6.45) is 3.65. The molecular weight excluding hydrogens is 305 g/mol. The van der Waals surface area contributed by atoms with Gasteiger partial charge in [-0.1, -0.05) is 35.9 Å². The molecule has 0 aliphatic heterocycles. The normalized spacial score (nSPS) is 10.7. The lowest BCUT2D eigenvalue weighted by atomic mass is 10.2. The number of carbonyl (C=O) groups is 1. The number of benzene rings is 2. The summed E-state index contributed by atoms with van der Waals surface area (Å²) in [6.45, 7) is 0. The zero-order valence-electron chi connectivity index (χ0n) is 12.0. The van der Waals surface area contributed by atoms with E-state index in [1.807, 2.05) is 0 Å². The van der Waals surface area contributed by atoms with E-state index in [0.717, 1.165) is 5.56 Å². The predicted molar refractivity (Wildman–Crippen MR) is 86.7 cm³/mol. The molecule has 3 nitrogen and oxygen atoms in total. The van der Waals surface area contributed by atoms with Crippen molar-refractivity contribution in [1.29, 1.82) is 0 Å². The lowest BCUT2D eigenvalue weighted by molar-refractivity contribution is -0.115. The van der Waals surface area contributed by atoms with Crippen LogP contribution < -0.4 is 10.1 Å². The molecule has 0 atom stereocenters. The first-order valence-electron chi connectivity index (χ1n) is 6.64. The van der Waals surface area contributed by atoms with E-state index in [9.17, 15) is 9.18 Å². The molecular formula is C17H15ClFNO2. The SMILES string of the molecule is COc1ccc(Cl)cc1NC(=O)C/C=C/c1ccc(F)cc1. The van der Waals surface area contributed by atoms with E-state index in [1.54, 1.807) is 42.5 Å². The van der Waals surface area contributed by atoms with Crippen LogP contribution in [0.4, 0.5) is 10.1 Å². The summed E-state index contributed by atoms with van der Waals surface area (Å²) in [5, 5.41) is 3.25. The van der Waals surface area contributed by atoms with Crippen molar-refractivity contribution in [3.8, 4) is 5.75 Å². The van der Waals surface area contributed by atoms with Gasteiger partial charge in [-0.15, -0.1) is 0 Å². The van der Waals surface area contributed by atoms with Gasteiger partial charge in [0.1, 0.15) is 11.6 Å². The van der Waals surface area contributed by atoms with Crippen LogP contribution in [0.3, 0.4) is 0 Å². The van der Waals surface area contributed by atoms with Crippen LogP contribution >= 0.6 is 11.6 Å². The third-order valence-corrected chi connectivity index (χ3v) is 3.15. The van der Waals surface area contributed by atoms with E-state index in [0.29, 0.717) is 16.5 Å². The maximum Gasteiger partial charge on any atom is 0.228 e. The van der Waals surface area contributed by atoms with E-state index in [-0.39, 0.29) is 18.1 Å². The van der Waals surface area contributed by atoms with Crippen molar-refractivity contribution in [3.05, 3.63) is 64.9 Å². The van der Waals surface area contributed by atoms with Gasteiger partial charge in [0.15, 0.2) is 0 Å². The molecule has 0 bridgehead atoms. The van der Waals surface area contributed by atoms with Crippen molar-refractivity contribution in [2.75, 3.05) is 12.4 Å². The summed E-state index contributed by atoms with van der Waals surface area (Å²) in [5.41, 5.74) is 1.35. The molecule has 0 saturated carbocycles. The molecule has 0 aromatic heterocycles. The average molecular weight is 320 g/mol. The Morgan fingerprint density at radius 1 is 1.27 bits per heavy atom. The van der Waals surface area contributed by atoms with Crippen molar-refractivity contribution in [1.82, 2.24) is 0 Å². The molecule has 5 heteroatoms. The Morgan fingerprint density at radius 3 is 2.68 bits per heavy atom. The summed E-state index contributed by atoms with van der Waals surface area (Å²) in [5.74, 6) is 0.0575. The summed E-state index contributed by atoms with van der Waals surface area (Å²) in [7, 11) is 1.52. The highest BCUT2D eigenvalue weighted by Gasteiger charge is 2.07. The summed E-state index contributed by atoms with van der Waals surface area (Å²) < 4.78 is 17.9. The van der Waals surface area contributed by atoms with Gasteiger partial charge in [0.05, 0.1) is 12.8 Å². The number of halogens is 2. The first kappa shape index (κ1) is 16.0. The maximum atomic E-state index is 12.8. The fourth-order valence-electron chi connectivity index (χ4n) is 1.86. The van der Waals surface area contributed by atoms with Gasteiger partial charge < -0.3 is 10.1 Å². The van der Waals surface area contributed by atoms with Gasteiger partial charge in [0, 0.05) is 11.4 Å². The second kappa shape index (κ2) is 7.61. The van der Waals surface area contributed by atoms with E-state index in [1.165, 1.54) is 19.2 Å². The van der Waals surface area contributed by atoms with Crippen molar-refractivity contribution in [2.24, 2.45) is 0 Å². The minimum atomic E-state index is -0.289. The lowest BCUT2D eigenvalue weighted by Gasteiger charge is -2.09. The highest BCUT2D eigenvalue weighted by atomic mass is 35.5. The van der Waals surface area contributed by atoms with Crippen LogP contribution in [0.15, 0.2) is 48.5 Å². The predicted octanol–water partition coefficient (Wildman–Crippen LogP) is 4.53. The van der Waals surface area contributed by atoms with Crippen molar-refractivity contribution < 1.29 is 13.9 Å². The molecule has 0 radical (unpaired) electrons. The van der Waals surface area contributed by atoms with E-state index < -0.39 is 0 Å². The number of hydrogen-bond acceptors (Lipinski definition) is 2. The van der Waals surface area contributed by atoms with Crippen LogP contribution in [0.5, 0.6) is 5.75 Å². The molecule has 1 N–H and O–H groups in total. The fraction of sp³-hybridized carbons (Fsp3) is 0.118. The topological polar surface area (TPSA) is 38.3 Å². The van der Waals surface area contributed by atoms with Crippen LogP contribution in [0, 0.1) is 5.82 Å². The number of carbonyl (C=O) groups excluding carboxylic acids is 1. The van der Waals surface area contributed by atoms with Crippen LogP contribution in [0.25, 0.3) is 6.08 Å². The van der Waals surface area contributed by atoms with Gasteiger partial charge in [-0.3, -0.25) is 4.79 Å². The number of rotatable bonds is 5. The molecule has 22 heavy (non-hydrogen) atoms. The van der Waals surface area contributed by atoms with Crippen LogP contribution in [0.1, 0.15) is 12.0 Å². The smallest absolute Gasteiger partial charge is 0.228 e. The van der Waals surface area contributed by atoms with Crippen molar-refractivity contribution in [2.45, 2.75) is 6.42 Å². The van der Waals surface area contributed by atoms with Crippen molar-refractivity contribution in [3.63, 3.8) is 0 Å². The Labute approximate surface area is 133 Å². The van der Waals surface area contributed by atoms with Gasteiger partial charge in [0.25, 0.3) is 0 Å². The summed E-state index contributed by atoms with van der Waals surface area (Å²) in [4.78, 5) is 11.9. The second-order valence-electron chi connectivity index (χ2n) is 4.55. The van der Waals surface area contributed by atoms with Gasteiger partial charge in [-0.25, -0.2) is 4.39 Å². The van der Waals surface area contributed by atoms with E-state index in [4.69, 9.17) is 16.3 Å². The molecule has 2 aromatic carbocycles. The number of hydrogen-bond donors (Lipinski definition) is 1. The summed E-state index contributed by atoms with van der Waals surface area (Å²) in [6, 6.07) is 11.0. The Balaban J connectivity index is 1.96. The summed E-state index contributed by atoms with van der Waals surface area (Å²) >= 11 is 5.90. The second-order valence-corrected chi connectivity index (χ2v) is 4.99. The van der Waals surface area contributed by atoms with E-state index in [2.05, 4.69) is 5.32 Å². The number of nitrogens with one attached hydrogen (secondary N) is 1. The zero-order valence-corrected chi connectivity index (χ0v) is 12.7. The van der Waals surface area contributed by atoms with E-state index >= 15 is 0 Å². The molecule has 0 spiro atoms. The molecule has 1 amide bonds. The largest absolute Gasteiger partial charge is 0.495 e. The van der Waals surface area contributed by atoms with Crippen LogP contribution in [-0.4, -0.2) is 13.0 Å². The highest BCUT2D eigenvalue weighted by molar-refractivity contribution is 6.31. The molecule has 0 fully saturated rings. The van der Waals surface area contributed by atoms with Crippen LogP contribution in [0.2, 0.25) is 5.02 Å². The quantitative estimate of drug-likeness (QED) is 0.879. The number of amides is 1. The lowest BCUT2D eigenvalue weighted by Crippen LogP contribution is -2.10. The first-order valence-corrected chi connectivity index (χ1v) is 7.02. The third-order valence-electron chi connectivity index (χ3n) is 2.92. The molecule has 0 unspecified atom stereocenters. The molecule has 0 saturated heterocycles. The minimum absolute atomic E-state index is 0.188. The molecule has 0 heterocycles. The van der Waals surface area contributed by atoms with Crippen LogP contribution in [-0.2, 0) is 4.79 Å². The Kier molecular flexibility index (Phi) is 5.55. The molecule has 114 valence electrons. The zero-order chi connectivity index (χ0) is 15.9. The van der Waals surface area contributed by atoms with Crippen molar-refractivity contribution >= 4 is 29.3 Å². The molecule has 2 rings (SSSR count).